The van der Waals surface area contributed by atoms with Crippen LogP contribution in [-0.4, -0.2) is 12.0 Å². The molecule has 0 aliphatic heterocycles. The van der Waals surface area contributed by atoms with E-state index in [1.165, 1.54) is 6.07 Å². The molecule has 3 aromatic carbocycles. The van der Waals surface area contributed by atoms with Crippen LogP contribution in [0.4, 0.5) is 14.5 Å². The van der Waals surface area contributed by atoms with E-state index in [-0.39, 0.29) is 5.69 Å². The maximum atomic E-state index is 13.3. The highest BCUT2D eigenvalue weighted by atomic mass is 19.2. The van der Waals surface area contributed by atoms with Crippen LogP contribution in [0.15, 0.2) is 60.7 Å². The molecule has 1 N–H and O–H groups in total. The zero-order valence-corrected chi connectivity index (χ0v) is 13.6. The van der Waals surface area contributed by atoms with Crippen LogP contribution in [0.2, 0.25) is 0 Å². The molecule has 0 aliphatic rings. The standard InChI is InChI=1S/C20H17F2NO2/c1-2-19(20(24)23-15-8-10-17(21)18(22)12-15)25-16-9-7-13-5-3-4-6-14(13)11-16/h3-12,19H,2H2,1H3,(H,23,24)/t19-/m1/s1. The normalized spacial score (nSPS) is 12.0. The van der Waals surface area contributed by atoms with Crippen LogP contribution in [0.3, 0.4) is 0 Å². The molecule has 0 saturated heterocycles. The van der Waals surface area contributed by atoms with Gasteiger partial charge >= 0.3 is 0 Å². The number of ether oxygens (including phenoxy) is 1. The van der Waals surface area contributed by atoms with Gasteiger partial charge in [0.15, 0.2) is 17.7 Å². The van der Waals surface area contributed by atoms with Crippen LogP contribution in [-0.2, 0) is 4.79 Å². The van der Waals surface area contributed by atoms with Crippen molar-refractivity contribution in [3.63, 3.8) is 0 Å². The van der Waals surface area contributed by atoms with Crippen molar-refractivity contribution in [1.82, 2.24) is 0 Å². The van der Waals surface area contributed by atoms with E-state index in [1.54, 1.807) is 6.07 Å². The minimum absolute atomic E-state index is 0.185. The Labute approximate surface area is 144 Å². The Balaban J connectivity index is 1.73. The van der Waals surface area contributed by atoms with Crippen molar-refractivity contribution in [3.8, 4) is 5.75 Å². The summed E-state index contributed by atoms with van der Waals surface area (Å²) in [5.41, 5.74) is 0.185. The highest BCUT2D eigenvalue weighted by molar-refractivity contribution is 5.94. The van der Waals surface area contributed by atoms with Crippen molar-refractivity contribution >= 4 is 22.4 Å². The Hall–Kier alpha value is -2.95. The molecular formula is C20H17F2NO2. The van der Waals surface area contributed by atoms with E-state index in [4.69, 9.17) is 4.74 Å². The summed E-state index contributed by atoms with van der Waals surface area (Å²) in [6.07, 6.45) is -0.309. The number of hydrogen-bond acceptors (Lipinski definition) is 2. The smallest absolute Gasteiger partial charge is 0.265 e. The highest BCUT2D eigenvalue weighted by Crippen LogP contribution is 2.22. The third-order valence-electron chi connectivity index (χ3n) is 3.85. The molecule has 128 valence electrons. The van der Waals surface area contributed by atoms with Crippen molar-refractivity contribution in [2.45, 2.75) is 19.4 Å². The summed E-state index contributed by atoms with van der Waals surface area (Å²) in [6, 6.07) is 16.6. The second-order valence-corrected chi connectivity index (χ2v) is 5.64. The lowest BCUT2D eigenvalue weighted by Gasteiger charge is -2.17. The van der Waals surface area contributed by atoms with Gasteiger partial charge in [-0.1, -0.05) is 37.3 Å². The minimum atomic E-state index is -1.01. The largest absolute Gasteiger partial charge is 0.481 e. The Bertz CT molecular complexity index is 911. The van der Waals surface area contributed by atoms with Gasteiger partial charge in [-0.15, -0.1) is 0 Å². The lowest BCUT2D eigenvalue weighted by atomic mass is 10.1. The van der Waals surface area contributed by atoms with Crippen LogP contribution < -0.4 is 10.1 Å². The van der Waals surface area contributed by atoms with E-state index in [0.29, 0.717) is 12.2 Å². The molecule has 5 heteroatoms. The maximum Gasteiger partial charge on any atom is 0.265 e. The van der Waals surface area contributed by atoms with Gasteiger partial charge in [-0.3, -0.25) is 4.79 Å². The molecular weight excluding hydrogens is 324 g/mol. The van der Waals surface area contributed by atoms with E-state index in [9.17, 15) is 13.6 Å². The van der Waals surface area contributed by atoms with Crippen molar-refractivity contribution < 1.29 is 18.3 Å². The fourth-order valence-electron chi connectivity index (χ4n) is 2.52. The van der Waals surface area contributed by atoms with Gasteiger partial charge in [0.05, 0.1) is 0 Å². The van der Waals surface area contributed by atoms with Crippen molar-refractivity contribution in [2.24, 2.45) is 0 Å². The highest BCUT2D eigenvalue weighted by Gasteiger charge is 2.19. The molecule has 0 radical (unpaired) electrons. The maximum absolute atomic E-state index is 13.3. The number of rotatable bonds is 5. The Morgan fingerprint density at radius 3 is 2.48 bits per heavy atom. The summed E-state index contributed by atoms with van der Waals surface area (Å²) < 4.78 is 32.0. The summed E-state index contributed by atoms with van der Waals surface area (Å²) in [7, 11) is 0. The van der Waals surface area contributed by atoms with Gasteiger partial charge < -0.3 is 10.1 Å². The molecule has 0 bridgehead atoms. The van der Waals surface area contributed by atoms with E-state index in [0.717, 1.165) is 22.9 Å². The van der Waals surface area contributed by atoms with Crippen LogP contribution in [0.5, 0.6) is 5.75 Å². The number of fused-ring (bicyclic) bond motifs is 1. The number of carbonyl (C=O) groups excluding carboxylic acids is 1. The molecule has 1 amide bonds. The number of anilines is 1. The first-order chi connectivity index (χ1) is 12.1. The second-order valence-electron chi connectivity index (χ2n) is 5.64. The van der Waals surface area contributed by atoms with Gasteiger partial charge in [0.1, 0.15) is 5.75 Å². The lowest BCUT2D eigenvalue weighted by molar-refractivity contribution is -0.122. The van der Waals surface area contributed by atoms with Gasteiger partial charge in [0.25, 0.3) is 5.91 Å². The molecule has 3 nitrogen and oxygen atoms in total. The van der Waals surface area contributed by atoms with Crippen molar-refractivity contribution in [2.75, 3.05) is 5.32 Å². The first kappa shape index (κ1) is 16.9. The molecule has 3 rings (SSSR count). The van der Waals surface area contributed by atoms with Crippen LogP contribution in [0.25, 0.3) is 10.8 Å². The summed E-state index contributed by atoms with van der Waals surface area (Å²) >= 11 is 0. The zero-order chi connectivity index (χ0) is 17.8. The topological polar surface area (TPSA) is 38.3 Å². The molecule has 0 aliphatic carbocycles. The number of hydrogen-bond donors (Lipinski definition) is 1. The molecule has 3 aromatic rings. The number of halogens is 2. The molecule has 0 aromatic heterocycles. The Morgan fingerprint density at radius 2 is 1.76 bits per heavy atom. The Morgan fingerprint density at radius 1 is 1.00 bits per heavy atom. The van der Waals surface area contributed by atoms with E-state index >= 15 is 0 Å². The molecule has 0 fully saturated rings. The first-order valence-corrected chi connectivity index (χ1v) is 7.98. The fourth-order valence-corrected chi connectivity index (χ4v) is 2.52. The monoisotopic (exact) mass is 341 g/mol. The number of nitrogens with one attached hydrogen (secondary N) is 1. The predicted octanol–water partition coefficient (Wildman–Crippen LogP) is 4.91. The lowest BCUT2D eigenvalue weighted by Crippen LogP contribution is -2.32. The Kier molecular flexibility index (Phi) is 4.93. The third kappa shape index (κ3) is 3.94. The van der Waals surface area contributed by atoms with Gasteiger partial charge in [-0.2, -0.15) is 0 Å². The number of amides is 1. The van der Waals surface area contributed by atoms with Gasteiger partial charge in [0, 0.05) is 11.8 Å². The predicted molar refractivity (Wildman–Crippen MR) is 93.6 cm³/mol. The summed E-state index contributed by atoms with van der Waals surface area (Å²) in [5.74, 6) is -1.81. The molecule has 0 spiro atoms. The molecule has 0 heterocycles. The zero-order valence-electron chi connectivity index (χ0n) is 13.6. The summed E-state index contributed by atoms with van der Waals surface area (Å²) in [5, 5.41) is 4.64. The molecule has 1 atom stereocenters. The summed E-state index contributed by atoms with van der Waals surface area (Å²) in [6.45, 7) is 1.82. The average molecular weight is 341 g/mol. The van der Waals surface area contributed by atoms with Crippen molar-refractivity contribution in [1.29, 1.82) is 0 Å². The quantitative estimate of drug-likeness (QED) is 0.716. The summed E-state index contributed by atoms with van der Waals surface area (Å²) in [4.78, 5) is 12.4. The van der Waals surface area contributed by atoms with Crippen molar-refractivity contribution in [3.05, 3.63) is 72.3 Å². The molecule has 0 saturated carbocycles. The average Bonchev–Trinajstić information content (AvgIpc) is 2.62. The second kappa shape index (κ2) is 7.30. The van der Waals surface area contributed by atoms with Gasteiger partial charge in [0.2, 0.25) is 0 Å². The van der Waals surface area contributed by atoms with E-state index in [2.05, 4.69) is 5.32 Å². The molecule has 0 unspecified atom stereocenters. The van der Waals surface area contributed by atoms with Crippen LogP contribution >= 0.6 is 0 Å². The molecule has 25 heavy (non-hydrogen) atoms. The van der Waals surface area contributed by atoms with Crippen LogP contribution in [0.1, 0.15) is 13.3 Å². The van der Waals surface area contributed by atoms with Gasteiger partial charge in [-0.05, 0) is 41.5 Å². The fraction of sp³-hybridized carbons (Fsp3) is 0.150. The number of carbonyl (C=O) groups is 1. The van der Waals surface area contributed by atoms with Crippen LogP contribution in [0, 0.1) is 11.6 Å². The SMILES string of the molecule is CC[C@@H](Oc1ccc2ccccc2c1)C(=O)Nc1ccc(F)c(F)c1. The first-order valence-electron chi connectivity index (χ1n) is 7.98. The third-order valence-corrected chi connectivity index (χ3v) is 3.85. The van der Waals surface area contributed by atoms with Gasteiger partial charge in [-0.25, -0.2) is 8.78 Å². The number of benzene rings is 3. The minimum Gasteiger partial charge on any atom is -0.481 e. The van der Waals surface area contributed by atoms with E-state index in [1.807, 2.05) is 43.3 Å². The van der Waals surface area contributed by atoms with E-state index < -0.39 is 23.6 Å².